The molecule has 1 aromatic carbocycles. The Bertz CT molecular complexity index is 1360. The number of carboxylic acid groups (broad SMARTS) is 1. The van der Waals surface area contributed by atoms with Crippen molar-refractivity contribution in [3.05, 3.63) is 46.6 Å². The lowest BCUT2D eigenvalue weighted by Gasteiger charge is -2.49. The lowest BCUT2D eigenvalue weighted by Crippen LogP contribution is -2.70. The third-order valence-corrected chi connectivity index (χ3v) is 7.74. The van der Waals surface area contributed by atoms with Crippen molar-refractivity contribution in [2.24, 2.45) is 0 Å². The lowest BCUT2D eigenvalue weighted by molar-refractivity contribution is -0.150. The zero-order chi connectivity index (χ0) is 24.0. The molecular formula is C20H18N8O4S2. The smallest absolute Gasteiger partial charge is 0.353 e. The van der Waals surface area contributed by atoms with Crippen LogP contribution >= 0.6 is 23.5 Å². The third-order valence-electron chi connectivity index (χ3n) is 5.33. The van der Waals surface area contributed by atoms with Crippen molar-refractivity contribution in [1.29, 1.82) is 0 Å². The molecule has 0 saturated carbocycles. The molecule has 7 N–H and O–H groups in total. The second kappa shape index (κ2) is 8.53. The number of aliphatic carboxylic acids is 1. The number of nitrogens with two attached hydrogens (primary N) is 2. The number of fused-ring (bicyclic) bond motifs is 2. The van der Waals surface area contributed by atoms with E-state index < -0.39 is 23.3 Å². The average molecular weight is 499 g/mol. The Morgan fingerprint density at radius 1 is 1.26 bits per heavy atom. The number of β-lactam (4-membered cyclic amide) rings is 1. The summed E-state index contributed by atoms with van der Waals surface area (Å²) in [6.45, 7) is 0. The molecule has 0 spiro atoms. The molecule has 174 valence electrons. The number of benzene rings is 1. The van der Waals surface area contributed by atoms with Gasteiger partial charge in [0.1, 0.15) is 22.9 Å². The Hall–Kier alpha value is -3.78. The topological polar surface area (TPSA) is 193 Å². The number of aromatic amines is 1. The van der Waals surface area contributed by atoms with Gasteiger partial charge in [0.15, 0.2) is 10.8 Å². The molecule has 2 amide bonds. The molecule has 1 saturated heterocycles. The first kappa shape index (κ1) is 22.0. The molecular weight excluding hydrogens is 480 g/mol. The van der Waals surface area contributed by atoms with E-state index in [0.717, 1.165) is 17.3 Å². The molecule has 2 aliphatic heterocycles. The standard InChI is InChI=1S/C20H18N8O4S2/c21-9-3-1-8(2-4-9)5-12(29)24-13-17(30)28-14(19(31)32)11(7-33-18(13)28)34-20-25-15(22)10-6-23-27-16(10)26-20/h1-4,6,13,18H,5,7,21H2,(H,24,29)(H,31,32)(H3,22,23,25,26,27)/t13?,18-/m1/s1. The fourth-order valence-electron chi connectivity index (χ4n) is 3.71. The van der Waals surface area contributed by atoms with E-state index in [2.05, 4.69) is 25.5 Å². The van der Waals surface area contributed by atoms with Gasteiger partial charge in [-0.3, -0.25) is 19.6 Å². The summed E-state index contributed by atoms with van der Waals surface area (Å²) in [5.41, 5.74) is 13.2. The molecule has 1 fully saturated rings. The maximum absolute atomic E-state index is 12.8. The van der Waals surface area contributed by atoms with Gasteiger partial charge >= 0.3 is 5.97 Å². The summed E-state index contributed by atoms with van der Waals surface area (Å²) in [4.78, 5) is 47.5. The van der Waals surface area contributed by atoms with E-state index in [1.54, 1.807) is 24.3 Å². The fourth-order valence-corrected chi connectivity index (χ4v) is 6.12. The van der Waals surface area contributed by atoms with E-state index in [9.17, 15) is 19.5 Å². The summed E-state index contributed by atoms with van der Waals surface area (Å²) in [5.74, 6) is -1.55. The number of carboxylic acids is 1. The highest BCUT2D eigenvalue weighted by atomic mass is 32.2. The van der Waals surface area contributed by atoms with E-state index in [-0.39, 0.29) is 29.0 Å². The van der Waals surface area contributed by atoms with Gasteiger partial charge in [0.2, 0.25) is 5.91 Å². The van der Waals surface area contributed by atoms with Gasteiger partial charge in [-0.15, -0.1) is 11.8 Å². The second-order valence-electron chi connectivity index (χ2n) is 7.58. The minimum atomic E-state index is -1.25. The van der Waals surface area contributed by atoms with Crippen molar-refractivity contribution >= 4 is 63.8 Å². The number of amides is 2. The van der Waals surface area contributed by atoms with Crippen molar-refractivity contribution < 1.29 is 19.5 Å². The number of nitrogen functional groups attached to an aromatic ring is 2. The molecule has 2 atom stereocenters. The van der Waals surface area contributed by atoms with Crippen LogP contribution in [0.25, 0.3) is 11.0 Å². The Labute approximate surface area is 200 Å². The van der Waals surface area contributed by atoms with Crippen molar-refractivity contribution in [3.63, 3.8) is 0 Å². The lowest BCUT2D eigenvalue weighted by atomic mass is 10.0. The highest BCUT2D eigenvalue weighted by molar-refractivity contribution is 8.06. The number of carbonyl (C=O) groups is 3. The van der Waals surface area contributed by atoms with Crippen molar-refractivity contribution in [1.82, 2.24) is 30.4 Å². The summed E-state index contributed by atoms with van der Waals surface area (Å²) >= 11 is 2.39. The molecule has 14 heteroatoms. The van der Waals surface area contributed by atoms with E-state index in [1.807, 2.05) is 0 Å². The zero-order valence-corrected chi connectivity index (χ0v) is 19.0. The molecule has 0 radical (unpaired) electrons. The second-order valence-corrected chi connectivity index (χ2v) is 9.74. The quantitative estimate of drug-likeness (QED) is 0.181. The van der Waals surface area contributed by atoms with Crippen LogP contribution in [0.4, 0.5) is 11.5 Å². The summed E-state index contributed by atoms with van der Waals surface area (Å²) in [7, 11) is 0. The van der Waals surface area contributed by atoms with Gasteiger partial charge in [-0.25, -0.2) is 14.8 Å². The molecule has 1 unspecified atom stereocenters. The highest BCUT2D eigenvalue weighted by Gasteiger charge is 2.54. The number of carbonyl (C=O) groups excluding carboxylic acids is 2. The van der Waals surface area contributed by atoms with E-state index >= 15 is 0 Å². The van der Waals surface area contributed by atoms with Crippen LogP contribution in [0.15, 0.2) is 46.2 Å². The summed E-state index contributed by atoms with van der Waals surface area (Å²) in [5, 5.41) is 19.4. The van der Waals surface area contributed by atoms with Crippen LogP contribution in [0.5, 0.6) is 0 Å². The monoisotopic (exact) mass is 498 g/mol. The van der Waals surface area contributed by atoms with Crippen LogP contribution in [-0.2, 0) is 20.8 Å². The maximum atomic E-state index is 12.8. The van der Waals surface area contributed by atoms with Gasteiger partial charge in [0, 0.05) is 16.3 Å². The molecule has 0 bridgehead atoms. The number of aromatic nitrogens is 4. The zero-order valence-electron chi connectivity index (χ0n) is 17.4. The van der Waals surface area contributed by atoms with Crippen LogP contribution in [-0.4, -0.2) is 65.1 Å². The van der Waals surface area contributed by atoms with Crippen molar-refractivity contribution in [2.45, 2.75) is 23.0 Å². The Balaban J connectivity index is 1.33. The Morgan fingerprint density at radius 2 is 2.03 bits per heavy atom. The van der Waals surface area contributed by atoms with Crippen LogP contribution in [0.3, 0.4) is 0 Å². The fraction of sp³-hybridized carbons (Fsp3) is 0.200. The SMILES string of the molecule is Nc1ccc(CC(=O)NC2C(=O)N3C(C(=O)O)=C(Sc4nc(N)c5cn[nH]c5n4)CS[C@H]23)cc1. The Kier molecular flexibility index (Phi) is 5.53. The molecule has 2 aromatic heterocycles. The minimum absolute atomic E-state index is 0.0824. The number of anilines is 2. The number of H-pyrrole nitrogens is 1. The number of nitrogens with one attached hydrogen (secondary N) is 2. The molecule has 5 rings (SSSR count). The normalized spacial score (nSPS) is 19.6. The predicted molar refractivity (Wildman–Crippen MR) is 126 cm³/mol. The van der Waals surface area contributed by atoms with Gasteiger partial charge in [0.25, 0.3) is 5.91 Å². The van der Waals surface area contributed by atoms with Crippen LogP contribution in [0.2, 0.25) is 0 Å². The van der Waals surface area contributed by atoms with Crippen LogP contribution < -0.4 is 16.8 Å². The summed E-state index contributed by atoms with van der Waals surface area (Å²) < 4.78 is 0. The summed E-state index contributed by atoms with van der Waals surface area (Å²) in [6, 6.07) is 6.06. The average Bonchev–Trinajstić information content (AvgIpc) is 3.28. The first-order chi connectivity index (χ1) is 16.3. The minimum Gasteiger partial charge on any atom is -0.477 e. The maximum Gasteiger partial charge on any atom is 0.353 e. The van der Waals surface area contributed by atoms with Gasteiger partial charge < -0.3 is 21.9 Å². The summed E-state index contributed by atoms with van der Waals surface area (Å²) in [6.07, 6.45) is 1.58. The van der Waals surface area contributed by atoms with Crippen molar-refractivity contribution in [3.8, 4) is 0 Å². The van der Waals surface area contributed by atoms with Crippen LogP contribution in [0.1, 0.15) is 5.56 Å². The third kappa shape index (κ3) is 3.90. The van der Waals surface area contributed by atoms with E-state index in [0.29, 0.717) is 27.4 Å². The molecule has 0 aliphatic carbocycles. The highest BCUT2D eigenvalue weighted by Crippen LogP contribution is 2.44. The number of thioether (sulfide) groups is 2. The van der Waals surface area contributed by atoms with Gasteiger partial charge in [-0.2, -0.15) is 5.10 Å². The number of rotatable bonds is 6. The van der Waals surface area contributed by atoms with Gasteiger partial charge in [0.05, 0.1) is 18.0 Å². The molecule has 3 aromatic rings. The number of nitrogens with zero attached hydrogens (tertiary/aromatic N) is 4. The predicted octanol–water partition coefficient (Wildman–Crippen LogP) is 0.548. The molecule has 4 heterocycles. The van der Waals surface area contributed by atoms with Gasteiger partial charge in [-0.05, 0) is 17.7 Å². The first-order valence-electron chi connectivity index (χ1n) is 10.0. The van der Waals surface area contributed by atoms with E-state index in [1.165, 1.54) is 22.9 Å². The van der Waals surface area contributed by atoms with Crippen LogP contribution in [0, 0.1) is 0 Å². The first-order valence-corrected chi connectivity index (χ1v) is 11.9. The molecule has 12 nitrogen and oxygen atoms in total. The molecule has 34 heavy (non-hydrogen) atoms. The van der Waals surface area contributed by atoms with E-state index in [4.69, 9.17) is 11.5 Å². The number of hydrogen-bond donors (Lipinski definition) is 5. The van der Waals surface area contributed by atoms with Crippen molar-refractivity contribution in [2.75, 3.05) is 17.2 Å². The number of hydrogen-bond acceptors (Lipinski definition) is 10. The largest absolute Gasteiger partial charge is 0.477 e. The Morgan fingerprint density at radius 3 is 2.76 bits per heavy atom. The van der Waals surface area contributed by atoms with Gasteiger partial charge in [-0.1, -0.05) is 23.9 Å². The molecule has 2 aliphatic rings.